The van der Waals surface area contributed by atoms with E-state index in [1.54, 1.807) is 36.4 Å². The monoisotopic (exact) mass is 377 g/mol. The Labute approximate surface area is 159 Å². The van der Waals surface area contributed by atoms with Gasteiger partial charge in [0.2, 0.25) is 0 Å². The third kappa shape index (κ3) is 5.82. The molecule has 0 radical (unpaired) electrons. The maximum atomic E-state index is 13.7. The highest BCUT2D eigenvalue weighted by molar-refractivity contribution is 6.34. The zero-order valence-electron chi connectivity index (χ0n) is 15.4. The lowest BCUT2D eigenvalue weighted by Gasteiger charge is -2.22. The summed E-state index contributed by atoms with van der Waals surface area (Å²) in [5.41, 5.74) is 1.24. The first-order chi connectivity index (χ1) is 12.2. The summed E-state index contributed by atoms with van der Waals surface area (Å²) < 4.78 is 13.7. The molecular formula is C21H25ClFNO2. The van der Waals surface area contributed by atoms with Crippen molar-refractivity contribution in [2.75, 3.05) is 0 Å². The number of halogens is 2. The molecule has 2 aromatic rings. The van der Waals surface area contributed by atoms with Gasteiger partial charge in [-0.2, -0.15) is 0 Å². The molecule has 0 aliphatic carbocycles. The quantitative estimate of drug-likeness (QED) is 0.776. The van der Waals surface area contributed by atoms with Crippen molar-refractivity contribution in [3.8, 4) is 0 Å². The van der Waals surface area contributed by atoms with Crippen LogP contribution >= 0.6 is 11.6 Å². The number of carbonyl (C=O) groups is 1. The van der Waals surface area contributed by atoms with Gasteiger partial charge in [-0.3, -0.25) is 4.79 Å². The fraction of sp³-hybridized carbons (Fsp3) is 0.381. The summed E-state index contributed by atoms with van der Waals surface area (Å²) in [7, 11) is 0. The minimum absolute atomic E-state index is 0.264. The Hall–Kier alpha value is -1.91. The van der Waals surface area contributed by atoms with Crippen LogP contribution in [0.2, 0.25) is 5.02 Å². The van der Waals surface area contributed by atoms with Gasteiger partial charge in [0.05, 0.1) is 16.7 Å². The average Bonchev–Trinajstić information content (AvgIpc) is 2.52. The van der Waals surface area contributed by atoms with Crippen molar-refractivity contribution in [1.82, 2.24) is 5.32 Å². The van der Waals surface area contributed by atoms with Crippen molar-refractivity contribution in [2.45, 2.75) is 51.7 Å². The highest BCUT2D eigenvalue weighted by Crippen LogP contribution is 2.23. The average molecular weight is 378 g/mol. The highest BCUT2D eigenvalue weighted by Gasteiger charge is 2.21. The lowest BCUT2D eigenvalue weighted by molar-refractivity contribution is 0.0917. The minimum atomic E-state index is -0.700. The molecule has 2 aromatic carbocycles. The molecule has 1 amide bonds. The van der Waals surface area contributed by atoms with E-state index in [1.165, 1.54) is 6.07 Å². The Morgan fingerprint density at radius 2 is 1.81 bits per heavy atom. The number of amides is 1. The SMILES string of the molecule is CC(C)(C)NC(=O)c1c(Cl)cccc1CC(O)CCc1ccccc1F. The third-order valence-electron chi connectivity index (χ3n) is 3.98. The Bertz CT molecular complexity index is 771. The Morgan fingerprint density at radius 1 is 1.15 bits per heavy atom. The molecule has 3 nitrogen and oxygen atoms in total. The van der Waals surface area contributed by atoms with Crippen LogP contribution in [0.25, 0.3) is 0 Å². The smallest absolute Gasteiger partial charge is 0.253 e. The van der Waals surface area contributed by atoms with Gasteiger partial charge in [-0.25, -0.2) is 4.39 Å². The Kier molecular flexibility index (Phi) is 6.79. The standard InChI is InChI=1S/C21H25ClFNO2/c1-21(2,3)24-20(26)19-15(8-6-9-17(19)22)13-16(25)12-11-14-7-4-5-10-18(14)23/h4-10,16,25H,11-13H2,1-3H3,(H,24,26). The predicted molar refractivity (Wildman–Crippen MR) is 103 cm³/mol. The first kappa shape index (κ1) is 20.4. The fourth-order valence-electron chi connectivity index (χ4n) is 2.78. The van der Waals surface area contributed by atoms with Gasteiger partial charge in [0.25, 0.3) is 5.91 Å². The maximum Gasteiger partial charge on any atom is 0.253 e. The lowest BCUT2D eigenvalue weighted by atomic mass is 9.96. The second-order valence-corrected chi connectivity index (χ2v) is 7.87. The summed E-state index contributed by atoms with van der Waals surface area (Å²) in [6, 6.07) is 11.7. The van der Waals surface area contributed by atoms with Crippen LogP contribution in [0.15, 0.2) is 42.5 Å². The molecule has 2 N–H and O–H groups in total. The van der Waals surface area contributed by atoms with E-state index in [-0.39, 0.29) is 18.1 Å². The van der Waals surface area contributed by atoms with Gasteiger partial charge in [-0.1, -0.05) is 41.9 Å². The van der Waals surface area contributed by atoms with Crippen LogP contribution in [0.3, 0.4) is 0 Å². The van der Waals surface area contributed by atoms with E-state index >= 15 is 0 Å². The number of carbonyl (C=O) groups excluding carboxylic acids is 1. The summed E-state index contributed by atoms with van der Waals surface area (Å²) in [5, 5.41) is 13.6. The van der Waals surface area contributed by atoms with Crippen molar-refractivity contribution >= 4 is 17.5 Å². The predicted octanol–water partition coefficient (Wildman–Crippen LogP) is 4.54. The summed E-state index contributed by atoms with van der Waals surface area (Å²) in [5.74, 6) is -0.535. The molecule has 1 atom stereocenters. The van der Waals surface area contributed by atoms with E-state index in [2.05, 4.69) is 5.32 Å². The topological polar surface area (TPSA) is 49.3 Å². The number of aliphatic hydroxyl groups is 1. The molecule has 0 fully saturated rings. The van der Waals surface area contributed by atoms with Gasteiger partial charge in [-0.05, 0) is 63.3 Å². The maximum absolute atomic E-state index is 13.7. The van der Waals surface area contributed by atoms with E-state index in [9.17, 15) is 14.3 Å². The second-order valence-electron chi connectivity index (χ2n) is 7.47. The molecule has 0 spiro atoms. The van der Waals surface area contributed by atoms with E-state index < -0.39 is 11.6 Å². The lowest BCUT2D eigenvalue weighted by Crippen LogP contribution is -2.41. The number of nitrogens with one attached hydrogen (secondary N) is 1. The molecule has 0 aromatic heterocycles. The van der Waals surface area contributed by atoms with Gasteiger partial charge >= 0.3 is 0 Å². The van der Waals surface area contributed by atoms with Gasteiger partial charge in [0.1, 0.15) is 5.82 Å². The van der Waals surface area contributed by atoms with E-state index in [0.717, 1.165) is 0 Å². The first-order valence-electron chi connectivity index (χ1n) is 8.69. The summed E-state index contributed by atoms with van der Waals surface area (Å²) in [6.45, 7) is 5.68. The normalized spacial score (nSPS) is 12.7. The van der Waals surface area contributed by atoms with Gasteiger partial charge in [0, 0.05) is 5.54 Å². The molecule has 140 valence electrons. The first-order valence-corrected chi connectivity index (χ1v) is 9.06. The molecule has 0 saturated heterocycles. The Balaban J connectivity index is 2.10. The van der Waals surface area contributed by atoms with Crippen LogP contribution in [-0.4, -0.2) is 22.7 Å². The number of aliphatic hydroxyl groups excluding tert-OH is 1. The van der Waals surface area contributed by atoms with E-state index in [0.29, 0.717) is 34.6 Å². The number of rotatable bonds is 6. The largest absolute Gasteiger partial charge is 0.393 e. The number of hydrogen-bond donors (Lipinski definition) is 2. The second kappa shape index (κ2) is 8.65. The highest BCUT2D eigenvalue weighted by atomic mass is 35.5. The zero-order valence-corrected chi connectivity index (χ0v) is 16.1. The molecule has 0 aliphatic heterocycles. The molecule has 0 saturated carbocycles. The van der Waals surface area contributed by atoms with Crippen LogP contribution in [0.5, 0.6) is 0 Å². The van der Waals surface area contributed by atoms with Crippen LogP contribution in [0.4, 0.5) is 4.39 Å². The molecular weight excluding hydrogens is 353 g/mol. The molecule has 0 bridgehead atoms. The van der Waals surface area contributed by atoms with Gasteiger partial charge < -0.3 is 10.4 Å². The van der Waals surface area contributed by atoms with Crippen LogP contribution < -0.4 is 5.32 Å². The van der Waals surface area contributed by atoms with Crippen molar-refractivity contribution in [2.24, 2.45) is 0 Å². The van der Waals surface area contributed by atoms with Crippen molar-refractivity contribution in [3.63, 3.8) is 0 Å². The van der Waals surface area contributed by atoms with Crippen LogP contribution in [0, 0.1) is 5.82 Å². The van der Waals surface area contributed by atoms with E-state index in [4.69, 9.17) is 11.6 Å². The zero-order chi connectivity index (χ0) is 19.3. The summed E-state index contributed by atoms with van der Waals surface area (Å²) in [4.78, 5) is 12.6. The fourth-order valence-corrected chi connectivity index (χ4v) is 3.06. The molecule has 2 rings (SSSR count). The van der Waals surface area contributed by atoms with Gasteiger partial charge in [0.15, 0.2) is 0 Å². The molecule has 1 unspecified atom stereocenters. The van der Waals surface area contributed by atoms with Crippen molar-refractivity contribution in [3.05, 3.63) is 70.0 Å². The number of aryl methyl sites for hydroxylation is 1. The molecule has 5 heteroatoms. The van der Waals surface area contributed by atoms with Crippen molar-refractivity contribution < 1.29 is 14.3 Å². The van der Waals surface area contributed by atoms with Crippen LogP contribution in [0.1, 0.15) is 48.7 Å². The minimum Gasteiger partial charge on any atom is -0.393 e. The molecule has 0 heterocycles. The van der Waals surface area contributed by atoms with Gasteiger partial charge in [-0.15, -0.1) is 0 Å². The summed E-state index contributed by atoms with van der Waals surface area (Å²) >= 11 is 6.24. The molecule has 26 heavy (non-hydrogen) atoms. The summed E-state index contributed by atoms with van der Waals surface area (Å²) in [6.07, 6.45) is 0.405. The third-order valence-corrected chi connectivity index (χ3v) is 4.29. The van der Waals surface area contributed by atoms with Crippen LogP contribution in [-0.2, 0) is 12.8 Å². The number of benzene rings is 2. The number of hydrogen-bond acceptors (Lipinski definition) is 2. The Morgan fingerprint density at radius 3 is 2.46 bits per heavy atom. The molecule has 0 aliphatic rings. The van der Waals surface area contributed by atoms with E-state index in [1.807, 2.05) is 20.8 Å². The van der Waals surface area contributed by atoms with Crippen molar-refractivity contribution in [1.29, 1.82) is 0 Å².